The first kappa shape index (κ1) is 7.07. The van der Waals surface area contributed by atoms with Gasteiger partial charge in [-0.2, -0.15) is 0 Å². The van der Waals surface area contributed by atoms with Crippen molar-refractivity contribution in [3.63, 3.8) is 0 Å². The first-order chi connectivity index (χ1) is 4.33. The lowest BCUT2D eigenvalue weighted by atomic mass is 10.1. The molecule has 1 N–H and O–H groups in total. The number of hydrogen-bond acceptors (Lipinski definition) is 0. The van der Waals surface area contributed by atoms with Crippen LogP contribution in [0.25, 0.3) is 0 Å². The predicted molar refractivity (Wildman–Crippen MR) is 39.1 cm³/mol. The first-order valence-electron chi connectivity index (χ1n) is 4.04. The van der Waals surface area contributed by atoms with E-state index in [0.29, 0.717) is 0 Å². The number of hydrogen-bond donors (Lipinski definition) is 0. The van der Waals surface area contributed by atoms with Gasteiger partial charge in [0.2, 0.25) is 0 Å². The maximum atomic E-state index is 7.44. The summed E-state index contributed by atoms with van der Waals surface area (Å²) < 4.78 is 0. The summed E-state index contributed by atoms with van der Waals surface area (Å²) in [5.41, 5.74) is 7.44. The Morgan fingerprint density at radius 3 is 2.67 bits per heavy atom. The van der Waals surface area contributed by atoms with Crippen molar-refractivity contribution >= 4 is 0 Å². The Morgan fingerprint density at radius 1 is 1.56 bits per heavy atom. The minimum atomic E-state index is 0.227. The molecule has 0 saturated heterocycles. The zero-order chi connectivity index (χ0) is 6.69. The molecule has 1 heteroatoms. The topological polar surface area (TPSA) is 23.8 Å². The summed E-state index contributed by atoms with van der Waals surface area (Å²) in [4.78, 5) is 0. The summed E-state index contributed by atoms with van der Waals surface area (Å²) in [6, 6.07) is 0.227. The van der Waals surface area contributed by atoms with Crippen molar-refractivity contribution in [3.05, 3.63) is 0 Å². The van der Waals surface area contributed by atoms with Crippen LogP contribution in [0.4, 0.5) is 0 Å². The lowest BCUT2D eigenvalue weighted by Gasteiger charge is -2.04. The largest absolute Gasteiger partial charge is 0.255 e. The highest BCUT2D eigenvalue weighted by Gasteiger charge is 2.21. The van der Waals surface area contributed by atoms with E-state index < -0.39 is 0 Å². The van der Waals surface area contributed by atoms with E-state index in [9.17, 15) is 0 Å². The van der Waals surface area contributed by atoms with Crippen molar-refractivity contribution in [1.29, 1.82) is 0 Å². The molecule has 1 rings (SSSR count). The molecule has 1 fully saturated rings. The summed E-state index contributed by atoms with van der Waals surface area (Å²) in [7, 11) is 0. The molecule has 0 bridgehead atoms. The van der Waals surface area contributed by atoms with Gasteiger partial charge in [0.25, 0.3) is 0 Å². The van der Waals surface area contributed by atoms with Crippen molar-refractivity contribution in [3.8, 4) is 0 Å². The van der Waals surface area contributed by atoms with E-state index in [1.165, 1.54) is 19.3 Å². The van der Waals surface area contributed by atoms with Crippen molar-refractivity contribution in [2.45, 2.75) is 45.1 Å². The summed E-state index contributed by atoms with van der Waals surface area (Å²) >= 11 is 0. The molecule has 0 aromatic carbocycles. The minimum Gasteiger partial charge on any atom is -0.255 e. The van der Waals surface area contributed by atoms with Crippen LogP contribution in [0.1, 0.15) is 39.0 Å². The zero-order valence-corrected chi connectivity index (χ0v) is 6.19. The monoisotopic (exact) mass is 126 g/mol. The third-order valence-electron chi connectivity index (χ3n) is 2.11. The molecule has 1 unspecified atom stereocenters. The highest BCUT2D eigenvalue weighted by atomic mass is 14.6. The number of nitrogens with one attached hydrogen (secondary N) is 1. The van der Waals surface area contributed by atoms with E-state index in [-0.39, 0.29) is 6.04 Å². The van der Waals surface area contributed by atoms with E-state index in [1.54, 1.807) is 0 Å². The van der Waals surface area contributed by atoms with Gasteiger partial charge < -0.3 is 0 Å². The van der Waals surface area contributed by atoms with Crippen molar-refractivity contribution < 1.29 is 0 Å². The molecule has 0 aromatic rings. The zero-order valence-electron chi connectivity index (χ0n) is 6.19. The van der Waals surface area contributed by atoms with Gasteiger partial charge in [-0.25, -0.2) is 0 Å². The second kappa shape index (κ2) is 3.21. The van der Waals surface area contributed by atoms with E-state index in [2.05, 4.69) is 6.92 Å². The summed E-state index contributed by atoms with van der Waals surface area (Å²) in [6.07, 6.45) is 6.38. The molecular formula is C8H16N. The lowest BCUT2D eigenvalue weighted by Crippen LogP contribution is -2.06. The molecule has 1 radical (unpaired) electrons. The maximum absolute atomic E-state index is 7.44. The van der Waals surface area contributed by atoms with Crippen molar-refractivity contribution in [2.75, 3.05) is 0 Å². The average molecular weight is 126 g/mol. The summed E-state index contributed by atoms with van der Waals surface area (Å²) in [5.74, 6) is 1.02. The summed E-state index contributed by atoms with van der Waals surface area (Å²) in [6.45, 7) is 2.10. The Hall–Kier alpha value is -0.0400. The lowest BCUT2D eigenvalue weighted by molar-refractivity contribution is 0.530. The maximum Gasteiger partial charge on any atom is 0.0210 e. The van der Waals surface area contributed by atoms with Crippen LogP contribution in [0, 0.1) is 5.92 Å². The van der Waals surface area contributed by atoms with Gasteiger partial charge in [-0.1, -0.05) is 19.8 Å². The molecule has 0 spiro atoms. The molecule has 0 heterocycles. The molecule has 1 saturated carbocycles. The average Bonchev–Trinajstić information content (AvgIpc) is 2.65. The van der Waals surface area contributed by atoms with Crippen LogP contribution in [-0.2, 0) is 0 Å². The Kier molecular flexibility index (Phi) is 2.52. The van der Waals surface area contributed by atoms with Crippen molar-refractivity contribution in [1.82, 2.24) is 5.73 Å². The van der Waals surface area contributed by atoms with Gasteiger partial charge in [0.05, 0.1) is 0 Å². The Bertz CT molecular complexity index is 76.6. The smallest absolute Gasteiger partial charge is 0.0210 e. The van der Waals surface area contributed by atoms with E-state index in [1.807, 2.05) is 0 Å². The van der Waals surface area contributed by atoms with Crippen LogP contribution in [-0.4, -0.2) is 6.04 Å². The van der Waals surface area contributed by atoms with E-state index >= 15 is 0 Å². The van der Waals surface area contributed by atoms with Crippen molar-refractivity contribution in [2.24, 2.45) is 5.92 Å². The molecule has 53 valence electrons. The highest BCUT2D eigenvalue weighted by molar-refractivity contribution is 4.74. The fourth-order valence-electron chi connectivity index (χ4n) is 1.05. The SMILES string of the molecule is CCC([NH])CCC1CC1. The van der Waals surface area contributed by atoms with E-state index in [0.717, 1.165) is 18.8 Å². The Morgan fingerprint density at radius 2 is 2.22 bits per heavy atom. The van der Waals surface area contributed by atoms with Gasteiger partial charge in [-0.15, -0.1) is 0 Å². The highest BCUT2D eigenvalue weighted by Crippen LogP contribution is 2.33. The summed E-state index contributed by atoms with van der Waals surface area (Å²) in [5, 5.41) is 0. The molecule has 9 heavy (non-hydrogen) atoms. The molecule has 1 atom stereocenters. The molecule has 1 aliphatic carbocycles. The normalized spacial score (nSPS) is 22.0. The van der Waals surface area contributed by atoms with E-state index in [4.69, 9.17) is 5.73 Å². The quantitative estimate of drug-likeness (QED) is 0.551. The molecule has 0 amide bonds. The van der Waals surface area contributed by atoms with Gasteiger partial charge in [0.15, 0.2) is 0 Å². The second-order valence-corrected chi connectivity index (χ2v) is 3.13. The Balaban J connectivity index is 1.90. The van der Waals surface area contributed by atoms with Crippen LogP contribution >= 0.6 is 0 Å². The van der Waals surface area contributed by atoms with Gasteiger partial charge >= 0.3 is 0 Å². The van der Waals surface area contributed by atoms with Crippen LogP contribution in [0.2, 0.25) is 0 Å². The van der Waals surface area contributed by atoms with Gasteiger partial charge in [0.1, 0.15) is 0 Å². The fourth-order valence-corrected chi connectivity index (χ4v) is 1.05. The predicted octanol–water partition coefficient (Wildman–Crippen LogP) is 2.24. The van der Waals surface area contributed by atoms with Crippen LogP contribution < -0.4 is 5.73 Å². The van der Waals surface area contributed by atoms with Crippen LogP contribution in [0.5, 0.6) is 0 Å². The molecule has 1 aliphatic rings. The minimum absolute atomic E-state index is 0.227. The third kappa shape index (κ3) is 2.85. The molecule has 0 aliphatic heterocycles. The number of rotatable bonds is 4. The van der Waals surface area contributed by atoms with Crippen LogP contribution in [0.15, 0.2) is 0 Å². The Labute approximate surface area is 57.6 Å². The molecule has 0 aromatic heterocycles. The third-order valence-corrected chi connectivity index (χ3v) is 2.11. The standard InChI is InChI=1S/C8H16N/c1-2-8(9)6-5-7-3-4-7/h7-9H,2-6H2,1H3. The first-order valence-corrected chi connectivity index (χ1v) is 4.04. The fraction of sp³-hybridized carbons (Fsp3) is 1.00. The second-order valence-electron chi connectivity index (χ2n) is 3.13. The van der Waals surface area contributed by atoms with Gasteiger partial charge in [-0.3, -0.25) is 5.73 Å². The van der Waals surface area contributed by atoms with Gasteiger partial charge in [0, 0.05) is 6.04 Å². The van der Waals surface area contributed by atoms with Crippen LogP contribution in [0.3, 0.4) is 0 Å². The molecular weight excluding hydrogens is 110 g/mol. The molecule has 1 nitrogen and oxygen atoms in total. The van der Waals surface area contributed by atoms with Gasteiger partial charge in [-0.05, 0) is 25.2 Å².